The van der Waals surface area contributed by atoms with Crippen LogP contribution in [0.25, 0.3) is 0 Å². The molecule has 2 aromatic heterocycles. The van der Waals surface area contributed by atoms with E-state index in [0.29, 0.717) is 18.2 Å². The molecule has 4 rings (SSSR count). The summed E-state index contributed by atoms with van der Waals surface area (Å²) in [5, 5.41) is 15.5. The van der Waals surface area contributed by atoms with E-state index in [1.807, 2.05) is 6.07 Å². The minimum absolute atomic E-state index is 0.0318. The number of carbonyl (C=O) groups is 1. The number of likely N-dealkylation sites (tertiary alicyclic amines) is 1. The maximum absolute atomic E-state index is 12.0. The lowest BCUT2D eigenvalue weighted by Gasteiger charge is -2.19. The topological polar surface area (TPSA) is 108 Å². The third-order valence-electron chi connectivity index (χ3n) is 4.34. The Labute approximate surface area is 138 Å². The van der Waals surface area contributed by atoms with Crippen molar-refractivity contribution in [3.8, 4) is 6.07 Å². The van der Waals surface area contributed by atoms with Gasteiger partial charge in [-0.05, 0) is 44.4 Å². The zero-order valence-electron chi connectivity index (χ0n) is 13.1. The van der Waals surface area contributed by atoms with Crippen LogP contribution < -0.4 is 5.32 Å². The van der Waals surface area contributed by atoms with E-state index in [4.69, 9.17) is 14.2 Å². The van der Waals surface area contributed by atoms with Crippen molar-refractivity contribution in [1.82, 2.24) is 20.4 Å². The van der Waals surface area contributed by atoms with Crippen LogP contribution in [0.1, 0.15) is 59.8 Å². The number of nitrogens with one attached hydrogen (secondary N) is 1. The molecule has 0 radical (unpaired) electrons. The Balaban J connectivity index is 1.45. The minimum Gasteiger partial charge on any atom is -0.449 e. The summed E-state index contributed by atoms with van der Waals surface area (Å²) < 4.78 is 10.8. The van der Waals surface area contributed by atoms with Gasteiger partial charge in [-0.15, -0.1) is 0 Å². The average Bonchev–Trinajstić information content (AvgIpc) is 3.01. The van der Waals surface area contributed by atoms with Gasteiger partial charge in [-0.2, -0.15) is 10.2 Å². The maximum atomic E-state index is 12.0. The summed E-state index contributed by atoms with van der Waals surface area (Å²) in [5.74, 6) is 1.30. The summed E-state index contributed by atoms with van der Waals surface area (Å²) in [6, 6.07) is 5.67. The zero-order valence-corrected chi connectivity index (χ0v) is 13.1. The van der Waals surface area contributed by atoms with Gasteiger partial charge in [-0.1, -0.05) is 5.16 Å². The number of carbonyl (C=O) groups excluding carboxylic acids is 1. The lowest BCUT2D eigenvalue weighted by molar-refractivity contribution is 0.0937. The number of aromatic nitrogens is 2. The molecule has 1 N–H and O–H groups in total. The molecule has 124 valence electrons. The average molecular weight is 327 g/mol. The van der Waals surface area contributed by atoms with Crippen LogP contribution >= 0.6 is 0 Å². The highest BCUT2D eigenvalue weighted by Gasteiger charge is 2.33. The van der Waals surface area contributed by atoms with Crippen molar-refractivity contribution in [3.63, 3.8) is 0 Å². The summed E-state index contributed by atoms with van der Waals surface area (Å²) in [5.41, 5.74) is 0. The molecule has 8 heteroatoms. The molecular weight excluding hydrogens is 310 g/mol. The Bertz CT molecular complexity index is 786. The number of hydrogen-bond acceptors (Lipinski definition) is 7. The first-order valence-electron chi connectivity index (χ1n) is 8.10. The molecular formula is C16H17N5O3. The Morgan fingerprint density at radius 3 is 3.04 bits per heavy atom. The summed E-state index contributed by atoms with van der Waals surface area (Å²) in [4.78, 5) is 18.4. The standard InChI is InChI=1S/C16H17N5O3/c17-8-11-5-6-12(23-11)9-21-7-1-2-13(21)16-19-14(20-24-16)15(22)18-10-3-4-10/h5-6,10,13H,1-4,7,9H2,(H,18,22)/t13-/m1/s1. The molecule has 1 amide bonds. The predicted molar refractivity (Wildman–Crippen MR) is 80.6 cm³/mol. The van der Waals surface area contributed by atoms with Crippen LogP contribution in [0.3, 0.4) is 0 Å². The van der Waals surface area contributed by atoms with Gasteiger partial charge in [0.15, 0.2) is 0 Å². The summed E-state index contributed by atoms with van der Waals surface area (Å²) in [6.07, 6.45) is 3.92. The lowest BCUT2D eigenvalue weighted by atomic mass is 10.2. The van der Waals surface area contributed by atoms with Crippen LogP contribution in [0.2, 0.25) is 0 Å². The van der Waals surface area contributed by atoms with Crippen molar-refractivity contribution in [2.24, 2.45) is 0 Å². The molecule has 8 nitrogen and oxygen atoms in total. The lowest BCUT2D eigenvalue weighted by Crippen LogP contribution is -2.26. The highest BCUT2D eigenvalue weighted by atomic mass is 16.5. The third kappa shape index (κ3) is 3.03. The number of nitriles is 1. The summed E-state index contributed by atoms with van der Waals surface area (Å²) in [6.45, 7) is 1.44. The molecule has 3 heterocycles. The van der Waals surface area contributed by atoms with Crippen LogP contribution in [0.4, 0.5) is 0 Å². The molecule has 2 aliphatic rings. The van der Waals surface area contributed by atoms with Crippen LogP contribution in [0, 0.1) is 11.3 Å². The molecule has 2 fully saturated rings. The van der Waals surface area contributed by atoms with Gasteiger partial charge >= 0.3 is 0 Å². The van der Waals surface area contributed by atoms with E-state index in [1.165, 1.54) is 0 Å². The maximum Gasteiger partial charge on any atom is 0.292 e. The van der Waals surface area contributed by atoms with Gasteiger partial charge in [0.2, 0.25) is 11.7 Å². The second kappa shape index (κ2) is 6.09. The van der Waals surface area contributed by atoms with E-state index in [9.17, 15) is 4.79 Å². The number of furan rings is 1. The number of amides is 1. The molecule has 1 atom stereocenters. The van der Waals surface area contributed by atoms with E-state index in [-0.39, 0.29) is 23.8 Å². The quantitative estimate of drug-likeness (QED) is 0.891. The van der Waals surface area contributed by atoms with Gasteiger partial charge in [0.1, 0.15) is 11.8 Å². The van der Waals surface area contributed by atoms with Gasteiger partial charge in [-0.3, -0.25) is 9.69 Å². The first kappa shape index (κ1) is 14.9. The predicted octanol–water partition coefficient (Wildman–Crippen LogP) is 1.76. The second-order valence-corrected chi connectivity index (χ2v) is 6.21. The van der Waals surface area contributed by atoms with Crippen molar-refractivity contribution in [1.29, 1.82) is 5.26 Å². The van der Waals surface area contributed by atoms with Gasteiger partial charge < -0.3 is 14.3 Å². The van der Waals surface area contributed by atoms with E-state index in [1.54, 1.807) is 12.1 Å². The van der Waals surface area contributed by atoms with Crippen LogP contribution in [0.15, 0.2) is 21.1 Å². The largest absolute Gasteiger partial charge is 0.449 e. The summed E-state index contributed by atoms with van der Waals surface area (Å²) >= 11 is 0. The Morgan fingerprint density at radius 2 is 2.29 bits per heavy atom. The van der Waals surface area contributed by atoms with Crippen molar-refractivity contribution in [3.05, 3.63) is 35.4 Å². The molecule has 2 aromatic rings. The van der Waals surface area contributed by atoms with E-state index >= 15 is 0 Å². The number of hydrogen-bond donors (Lipinski definition) is 1. The van der Waals surface area contributed by atoms with Crippen molar-refractivity contribution >= 4 is 5.91 Å². The fraction of sp³-hybridized carbons (Fsp3) is 0.500. The first-order chi connectivity index (χ1) is 11.7. The Hall–Kier alpha value is -2.66. The van der Waals surface area contributed by atoms with Gasteiger partial charge in [0.05, 0.1) is 12.6 Å². The fourth-order valence-corrected chi connectivity index (χ4v) is 2.96. The summed E-state index contributed by atoms with van der Waals surface area (Å²) in [7, 11) is 0. The SMILES string of the molecule is N#Cc1ccc(CN2CCC[C@@H]2c2nc(C(=O)NC3CC3)no2)o1. The molecule has 24 heavy (non-hydrogen) atoms. The molecule has 1 aliphatic heterocycles. The number of nitrogens with zero attached hydrogens (tertiary/aromatic N) is 4. The van der Waals surface area contributed by atoms with Crippen LogP contribution in [-0.2, 0) is 6.54 Å². The normalized spacial score (nSPS) is 20.9. The van der Waals surface area contributed by atoms with Crippen LogP contribution in [0.5, 0.6) is 0 Å². The highest BCUT2D eigenvalue weighted by molar-refractivity contribution is 5.90. The smallest absolute Gasteiger partial charge is 0.292 e. The molecule has 1 saturated heterocycles. The molecule has 0 aromatic carbocycles. The Morgan fingerprint density at radius 1 is 1.42 bits per heavy atom. The minimum atomic E-state index is -0.276. The second-order valence-electron chi connectivity index (χ2n) is 6.21. The molecule has 1 aliphatic carbocycles. The third-order valence-corrected chi connectivity index (χ3v) is 4.34. The van der Waals surface area contributed by atoms with Crippen LogP contribution in [-0.4, -0.2) is 33.5 Å². The van der Waals surface area contributed by atoms with Gasteiger partial charge in [0.25, 0.3) is 11.7 Å². The van der Waals surface area contributed by atoms with Crippen molar-refractivity contribution in [2.45, 2.75) is 44.3 Å². The zero-order chi connectivity index (χ0) is 16.5. The van der Waals surface area contributed by atoms with Gasteiger partial charge in [-0.25, -0.2) is 0 Å². The van der Waals surface area contributed by atoms with E-state index < -0.39 is 0 Å². The fourth-order valence-electron chi connectivity index (χ4n) is 2.96. The van der Waals surface area contributed by atoms with Crippen molar-refractivity contribution < 1.29 is 13.7 Å². The Kier molecular flexibility index (Phi) is 3.78. The van der Waals surface area contributed by atoms with E-state index in [0.717, 1.165) is 38.0 Å². The number of rotatable bonds is 5. The van der Waals surface area contributed by atoms with Crippen molar-refractivity contribution in [2.75, 3.05) is 6.54 Å². The molecule has 0 unspecified atom stereocenters. The first-order valence-corrected chi connectivity index (χ1v) is 8.10. The monoisotopic (exact) mass is 327 g/mol. The highest BCUT2D eigenvalue weighted by Crippen LogP contribution is 2.32. The molecule has 1 saturated carbocycles. The van der Waals surface area contributed by atoms with E-state index in [2.05, 4.69) is 20.4 Å². The molecule has 0 bridgehead atoms. The molecule has 0 spiro atoms. The van der Waals surface area contributed by atoms with Gasteiger partial charge in [0, 0.05) is 6.04 Å².